The summed E-state index contributed by atoms with van der Waals surface area (Å²) in [7, 11) is 0. The maximum Gasteiger partial charge on any atom is 0.0334 e. The standard InChI is InChI=1S/C11H17NS/c1-2-3-8-4-5-10-9(11(8)12)6-7-13-10/h6-8,11H,2-5,12H2,1H3/t8-,11+/m1/s1. The Morgan fingerprint density at radius 1 is 1.62 bits per heavy atom. The van der Waals surface area contributed by atoms with E-state index in [1.807, 2.05) is 11.3 Å². The van der Waals surface area contributed by atoms with E-state index in [0.29, 0.717) is 6.04 Å². The van der Waals surface area contributed by atoms with Crippen LogP contribution in [0.3, 0.4) is 0 Å². The minimum absolute atomic E-state index is 0.315. The van der Waals surface area contributed by atoms with Gasteiger partial charge in [-0.1, -0.05) is 13.3 Å². The number of hydrogen-bond acceptors (Lipinski definition) is 2. The summed E-state index contributed by atoms with van der Waals surface area (Å²) in [6.07, 6.45) is 5.10. The van der Waals surface area contributed by atoms with Crippen LogP contribution in [-0.2, 0) is 6.42 Å². The molecule has 2 rings (SSSR count). The van der Waals surface area contributed by atoms with Gasteiger partial charge in [0.1, 0.15) is 0 Å². The maximum atomic E-state index is 6.23. The lowest BCUT2D eigenvalue weighted by Gasteiger charge is -2.28. The highest BCUT2D eigenvalue weighted by molar-refractivity contribution is 7.10. The van der Waals surface area contributed by atoms with E-state index in [0.717, 1.165) is 5.92 Å². The second kappa shape index (κ2) is 3.81. The Hall–Kier alpha value is -0.340. The predicted octanol–water partition coefficient (Wildman–Crippen LogP) is 3.11. The van der Waals surface area contributed by atoms with Gasteiger partial charge in [0.05, 0.1) is 0 Å². The van der Waals surface area contributed by atoms with E-state index in [4.69, 9.17) is 5.73 Å². The molecule has 1 aromatic rings. The molecule has 1 nitrogen and oxygen atoms in total. The Kier molecular flexibility index (Phi) is 2.70. The zero-order chi connectivity index (χ0) is 9.26. The monoisotopic (exact) mass is 195 g/mol. The molecule has 0 radical (unpaired) electrons. The van der Waals surface area contributed by atoms with Crippen molar-refractivity contribution in [2.45, 2.75) is 38.6 Å². The second-order valence-corrected chi connectivity index (χ2v) is 4.91. The summed E-state index contributed by atoms with van der Waals surface area (Å²) in [6, 6.07) is 2.53. The van der Waals surface area contributed by atoms with Gasteiger partial charge in [0.25, 0.3) is 0 Å². The van der Waals surface area contributed by atoms with E-state index in [1.165, 1.54) is 36.1 Å². The summed E-state index contributed by atoms with van der Waals surface area (Å²) in [5.74, 6) is 0.729. The highest BCUT2D eigenvalue weighted by Gasteiger charge is 2.26. The zero-order valence-electron chi connectivity index (χ0n) is 8.12. The highest BCUT2D eigenvalue weighted by atomic mass is 32.1. The summed E-state index contributed by atoms with van der Waals surface area (Å²) in [5.41, 5.74) is 7.65. The van der Waals surface area contributed by atoms with E-state index in [2.05, 4.69) is 18.4 Å². The molecular weight excluding hydrogens is 178 g/mol. The van der Waals surface area contributed by atoms with Crippen molar-refractivity contribution < 1.29 is 0 Å². The molecule has 0 amide bonds. The van der Waals surface area contributed by atoms with Crippen molar-refractivity contribution in [3.05, 3.63) is 21.9 Å². The van der Waals surface area contributed by atoms with Crippen LogP contribution in [0.4, 0.5) is 0 Å². The van der Waals surface area contributed by atoms with Crippen LogP contribution in [0.15, 0.2) is 11.4 Å². The van der Waals surface area contributed by atoms with Crippen LogP contribution in [-0.4, -0.2) is 0 Å². The summed E-state index contributed by atoms with van der Waals surface area (Å²) in [6.45, 7) is 2.25. The summed E-state index contributed by atoms with van der Waals surface area (Å²) < 4.78 is 0. The zero-order valence-corrected chi connectivity index (χ0v) is 8.94. The molecule has 0 unspecified atom stereocenters. The molecule has 0 fully saturated rings. The van der Waals surface area contributed by atoms with Gasteiger partial charge in [-0.05, 0) is 42.2 Å². The van der Waals surface area contributed by atoms with Gasteiger partial charge in [0, 0.05) is 10.9 Å². The van der Waals surface area contributed by atoms with Crippen LogP contribution in [0.1, 0.15) is 42.7 Å². The van der Waals surface area contributed by atoms with Crippen LogP contribution in [0.25, 0.3) is 0 Å². The largest absolute Gasteiger partial charge is 0.324 e. The van der Waals surface area contributed by atoms with Crippen molar-refractivity contribution in [1.29, 1.82) is 0 Å². The van der Waals surface area contributed by atoms with E-state index >= 15 is 0 Å². The molecule has 0 saturated heterocycles. The van der Waals surface area contributed by atoms with Gasteiger partial charge in [-0.2, -0.15) is 0 Å². The highest BCUT2D eigenvalue weighted by Crippen LogP contribution is 2.37. The van der Waals surface area contributed by atoms with Gasteiger partial charge in [0.2, 0.25) is 0 Å². The lowest BCUT2D eigenvalue weighted by Crippen LogP contribution is -2.25. The first kappa shape index (κ1) is 9.22. The van der Waals surface area contributed by atoms with Gasteiger partial charge in [-0.3, -0.25) is 0 Å². The molecule has 72 valence electrons. The molecule has 0 bridgehead atoms. The summed E-state index contributed by atoms with van der Waals surface area (Å²) in [4.78, 5) is 1.53. The number of rotatable bonds is 2. The number of nitrogens with two attached hydrogens (primary N) is 1. The second-order valence-electron chi connectivity index (χ2n) is 3.91. The fourth-order valence-corrected chi connectivity index (χ4v) is 3.25. The molecule has 2 N–H and O–H groups in total. The molecule has 1 aromatic heterocycles. The van der Waals surface area contributed by atoms with E-state index < -0.39 is 0 Å². The molecule has 13 heavy (non-hydrogen) atoms. The predicted molar refractivity (Wildman–Crippen MR) is 58.0 cm³/mol. The molecule has 1 aliphatic rings. The third kappa shape index (κ3) is 1.65. The first-order valence-electron chi connectivity index (χ1n) is 5.14. The fourth-order valence-electron chi connectivity index (χ4n) is 2.30. The van der Waals surface area contributed by atoms with Gasteiger partial charge in [-0.15, -0.1) is 11.3 Å². The number of fused-ring (bicyclic) bond motifs is 1. The van der Waals surface area contributed by atoms with Gasteiger partial charge in [-0.25, -0.2) is 0 Å². The first-order valence-corrected chi connectivity index (χ1v) is 6.02. The Bertz CT molecular complexity index is 279. The summed E-state index contributed by atoms with van der Waals surface area (Å²) >= 11 is 1.87. The molecule has 1 heterocycles. The van der Waals surface area contributed by atoms with Crippen molar-refractivity contribution in [3.8, 4) is 0 Å². The van der Waals surface area contributed by atoms with Crippen molar-refractivity contribution >= 4 is 11.3 Å². The van der Waals surface area contributed by atoms with Crippen LogP contribution >= 0.6 is 11.3 Å². The average molecular weight is 195 g/mol. The van der Waals surface area contributed by atoms with E-state index in [9.17, 15) is 0 Å². The van der Waals surface area contributed by atoms with E-state index in [-0.39, 0.29) is 0 Å². The molecular formula is C11H17NS. The molecule has 1 aliphatic carbocycles. The smallest absolute Gasteiger partial charge is 0.0334 e. The number of hydrogen-bond donors (Lipinski definition) is 1. The molecule has 0 aromatic carbocycles. The minimum Gasteiger partial charge on any atom is -0.324 e. The number of thiophene rings is 1. The Morgan fingerprint density at radius 3 is 3.23 bits per heavy atom. The molecule has 0 aliphatic heterocycles. The van der Waals surface area contributed by atoms with Crippen molar-refractivity contribution in [3.63, 3.8) is 0 Å². The van der Waals surface area contributed by atoms with E-state index in [1.54, 1.807) is 0 Å². The topological polar surface area (TPSA) is 26.0 Å². The Morgan fingerprint density at radius 2 is 2.46 bits per heavy atom. The Labute approximate surface area is 84.0 Å². The molecule has 2 heteroatoms. The van der Waals surface area contributed by atoms with Crippen molar-refractivity contribution in [2.24, 2.45) is 11.7 Å². The quantitative estimate of drug-likeness (QED) is 0.771. The molecule has 0 spiro atoms. The first-order chi connectivity index (χ1) is 6.33. The number of aryl methyl sites for hydroxylation is 1. The van der Waals surface area contributed by atoms with Crippen LogP contribution in [0.2, 0.25) is 0 Å². The summed E-state index contributed by atoms with van der Waals surface area (Å²) in [5, 5.41) is 2.18. The minimum atomic E-state index is 0.315. The van der Waals surface area contributed by atoms with Crippen LogP contribution in [0.5, 0.6) is 0 Å². The SMILES string of the molecule is CCC[C@@H]1CCc2sccc2[C@H]1N. The fraction of sp³-hybridized carbons (Fsp3) is 0.636. The molecule has 2 atom stereocenters. The third-order valence-corrected chi connectivity index (χ3v) is 4.05. The van der Waals surface area contributed by atoms with Crippen LogP contribution < -0.4 is 5.73 Å². The maximum absolute atomic E-state index is 6.23. The van der Waals surface area contributed by atoms with Crippen LogP contribution in [0, 0.1) is 5.92 Å². The Balaban J connectivity index is 2.17. The third-order valence-electron chi connectivity index (χ3n) is 3.05. The van der Waals surface area contributed by atoms with Gasteiger partial charge >= 0.3 is 0 Å². The lowest BCUT2D eigenvalue weighted by atomic mass is 9.82. The normalized spacial score (nSPS) is 27.2. The average Bonchev–Trinajstić information content (AvgIpc) is 2.58. The molecule has 0 saturated carbocycles. The lowest BCUT2D eigenvalue weighted by molar-refractivity contribution is 0.355. The van der Waals surface area contributed by atoms with Gasteiger partial charge in [0.15, 0.2) is 0 Å². The van der Waals surface area contributed by atoms with Gasteiger partial charge < -0.3 is 5.73 Å². The van der Waals surface area contributed by atoms with Crippen molar-refractivity contribution in [2.75, 3.05) is 0 Å². The van der Waals surface area contributed by atoms with Crippen molar-refractivity contribution in [1.82, 2.24) is 0 Å².